The second-order valence-corrected chi connectivity index (χ2v) is 4.05. The Hall–Kier alpha value is -3.22. The molecule has 0 unspecified atom stereocenters. The van der Waals surface area contributed by atoms with Crippen molar-refractivity contribution >= 4 is 28.5 Å². The fourth-order valence-electron chi connectivity index (χ4n) is 1.63. The molecule has 0 atom stereocenters. The van der Waals surface area contributed by atoms with Gasteiger partial charge in [0.05, 0.1) is 28.0 Å². The lowest BCUT2D eigenvalue weighted by Gasteiger charge is -1.92. The Kier molecular flexibility index (Phi) is 4.25. The summed E-state index contributed by atoms with van der Waals surface area (Å²) in [6.45, 7) is 3.55. The molecule has 0 radical (unpaired) electrons. The van der Waals surface area contributed by atoms with Crippen molar-refractivity contribution in [1.82, 2.24) is 15.0 Å². The van der Waals surface area contributed by atoms with Crippen LogP contribution < -0.4 is 5.73 Å². The minimum Gasteiger partial charge on any atom is -0.397 e. The number of hydrogen-bond donors (Lipinski definition) is 2. The maximum Gasteiger partial charge on any atom is 0.312 e. The van der Waals surface area contributed by atoms with Gasteiger partial charge in [-0.2, -0.15) is 0 Å². The van der Waals surface area contributed by atoms with Crippen molar-refractivity contribution in [2.45, 2.75) is 0 Å². The van der Waals surface area contributed by atoms with Crippen LogP contribution in [0.2, 0.25) is 0 Å². The highest BCUT2D eigenvalue weighted by Gasteiger charge is 2.14. The Morgan fingerprint density at radius 1 is 1.38 bits per heavy atom. The lowest BCUT2D eigenvalue weighted by Crippen LogP contribution is -1.88. The van der Waals surface area contributed by atoms with Gasteiger partial charge in [0, 0.05) is 12.4 Å². The Bertz CT molecular complexity index is 767. The van der Waals surface area contributed by atoms with Gasteiger partial charge in [0.2, 0.25) is 0 Å². The van der Waals surface area contributed by atoms with E-state index in [1.54, 1.807) is 42.7 Å². The van der Waals surface area contributed by atoms with Crippen molar-refractivity contribution in [2.75, 3.05) is 5.73 Å². The molecule has 3 N–H and O–H groups in total. The molecule has 0 bridgehead atoms. The summed E-state index contributed by atoms with van der Waals surface area (Å²) in [5, 5.41) is 10.6. The van der Waals surface area contributed by atoms with E-state index in [2.05, 4.69) is 21.5 Å². The highest BCUT2D eigenvalue weighted by atomic mass is 16.6. The summed E-state index contributed by atoms with van der Waals surface area (Å²) in [4.78, 5) is 20.8. The molecule has 0 aromatic carbocycles. The zero-order valence-corrected chi connectivity index (χ0v) is 11.1. The topological polar surface area (TPSA) is 111 Å². The first-order chi connectivity index (χ1) is 10.1. The van der Waals surface area contributed by atoms with Crippen LogP contribution in [0.25, 0.3) is 17.1 Å². The Morgan fingerprint density at radius 3 is 2.71 bits per heavy atom. The normalized spacial score (nSPS) is 9.71. The molecule has 0 amide bonds. The Morgan fingerprint density at radius 2 is 2.19 bits per heavy atom. The van der Waals surface area contributed by atoms with Gasteiger partial charge in [0.1, 0.15) is 0 Å². The van der Waals surface area contributed by atoms with Gasteiger partial charge in [-0.1, -0.05) is 6.58 Å². The first kappa shape index (κ1) is 14.2. The molecule has 7 nitrogen and oxygen atoms in total. The molecule has 0 aliphatic rings. The van der Waals surface area contributed by atoms with E-state index in [1.165, 1.54) is 6.20 Å². The second-order valence-electron chi connectivity index (χ2n) is 4.05. The van der Waals surface area contributed by atoms with Gasteiger partial charge in [0.25, 0.3) is 0 Å². The molecule has 3 aromatic heterocycles. The highest BCUT2D eigenvalue weighted by molar-refractivity contribution is 5.85. The van der Waals surface area contributed by atoms with Gasteiger partial charge < -0.3 is 10.7 Å². The number of nitrogens with two attached hydrogens (primary N) is 1. The third kappa shape index (κ3) is 3.41. The van der Waals surface area contributed by atoms with E-state index in [0.29, 0.717) is 22.4 Å². The molecular weight excluding hydrogens is 270 g/mol. The number of hydrogen-bond acceptors (Lipinski definition) is 5. The number of aromatic amines is 1. The Labute approximate surface area is 120 Å². The number of anilines is 1. The first-order valence-electron chi connectivity index (χ1n) is 6.02. The van der Waals surface area contributed by atoms with Crippen LogP contribution in [-0.2, 0) is 0 Å². The summed E-state index contributed by atoms with van der Waals surface area (Å²) in [5.41, 5.74) is 7.64. The van der Waals surface area contributed by atoms with Gasteiger partial charge in [-0.05, 0) is 30.3 Å². The fourth-order valence-corrected chi connectivity index (χ4v) is 1.63. The van der Waals surface area contributed by atoms with Crippen molar-refractivity contribution in [1.29, 1.82) is 0 Å². The van der Waals surface area contributed by atoms with Gasteiger partial charge in [-0.3, -0.25) is 15.1 Å². The molecule has 3 aromatic rings. The molecule has 0 aliphatic heterocycles. The zero-order chi connectivity index (χ0) is 15.2. The summed E-state index contributed by atoms with van der Waals surface area (Å²) in [5.74, 6) is 0. The quantitative estimate of drug-likeness (QED) is 0.555. The maximum atomic E-state index is 10.6. The Balaban J connectivity index is 0.000000194. The van der Waals surface area contributed by atoms with E-state index in [1.807, 2.05) is 0 Å². The molecular formula is C14H13N5O2. The summed E-state index contributed by atoms with van der Waals surface area (Å²) in [6, 6.07) is 7.09. The van der Waals surface area contributed by atoms with Crippen molar-refractivity contribution in [3.8, 4) is 0 Å². The number of nitrogens with zero attached hydrogens (tertiary/aromatic N) is 3. The molecule has 0 spiro atoms. The lowest BCUT2D eigenvalue weighted by atomic mass is 10.3. The largest absolute Gasteiger partial charge is 0.397 e. The van der Waals surface area contributed by atoms with E-state index < -0.39 is 4.92 Å². The summed E-state index contributed by atoms with van der Waals surface area (Å²) in [7, 11) is 0. The van der Waals surface area contributed by atoms with Crippen LogP contribution in [0.4, 0.5) is 11.4 Å². The third-order valence-electron chi connectivity index (χ3n) is 2.61. The van der Waals surface area contributed by atoms with E-state index >= 15 is 0 Å². The van der Waals surface area contributed by atoms with Gasteiger partial charge in [-0.25, -0.2) is 4.98 Å². The molecule has 0 aliphatic carbocycles. The number of rotatable bonds is 2. The van der Waals surface area contributed by atoms with Crippen LogP contribution >= 0.6 is 0 Å². The van der Waals surface area contributed by atoms with Gasteiger partial charge in [-0.15, -0.1) is 0 Å². The van der Waals surface area contributed by atoms with E-state index in [-0.39, 0.29) is 5.69 Å². The lowest BCUT2D eigenvalue weighted by molar-refractivity contribution is -0.383. The minimum absolute atomic E-state index is 0.0105. The molecule has 21 heavy (non-hydrogen) atoms. The SMILES string of the molecule is C=Cc1ccc2[nH]cc([N+](=O)[O-])c2n1.Nc1cccnc1. The zero-order valence-electron chi connectivity index (χ0n) is 11.1. The fraction of sp³-hybridized carbons (Fsp3) is 0. The molecule has 106 valence electrons. The van der Waals surface area contributed by atoms with Gasteiger partial charge in [0.15, 0.2) is 5.52 Å². The van der Waals surface area contributed by atoms with Crippen LogP contribution in [0.15, 0.2) is 49.4 Å². The standard InChI is InChI=1S/C9H7N3O2.C5H6N2/c1-2-6-3-4-7-9(11-6)8(5-10-7)12(13)14;6-5-2-1-3-7-4-5/h2-5,10H,1H2;1-4H,6H2. The number of nitrogen functional groups attached to an aromatic ring is 1. The third-order valence-corrected chi connectivity index (χ3v) is 2.61. The van der Waals surface area contributed by atoms with Crippen molar-refractivity contribution in [3.05, 3.63) is 65.2 Å². The number of nitrogens with one attached hydrogen (secondary N) is 1. The first-order valence-corrected chi connectivity index (χ1v) is 6.02. The van der Waals surface area contributed by atoms with E-state index in [0.717, 1.165) is 0 Å². The second kappa shape index (κ2) is 6.29. The van der Waals surface area contributed by atoms with Crippen LogP contribution in [0.5, 0.6) is 0 Å². The monoisotopic (exact) mass is 283 g/mol. The summed E-state index contributed by atoms with van der Waals surface area (Å²) < 4.78 is 0. The number of fused-ring (bicyclic) bond motifs is 1. The average Bonchev–Trinajstić information content (AvgIpc) is 2.91. The molecule has 0 saturated carbocycles. The van der Waals surface area contributed by atoms with Crippen LogP contribution in [0.1, 0.15) is 5.69 Å². The van der Waals surface area contributed by atoms with E-state index in [9.17, 15) is 10.1 Å². The van der Waals surface area contributed by atoms with Crippen molar-refractivity contribution < 1.29 is 4.92 Å². The van der Waals surface area contributed by atoms with Gasteiger partial charge >= 0.3 is 5.69 Å². The minimum atomic E-state index is -0.460. The number of pyridine rings is 2. The van der Waals surface area contributed by atoms with Crippen molar-refractivity contribution in [2.24, 2.45) is 0 Å². The molecule has 3 rings (SSSR count). The number of H-pyrrole nitrogens is 1. The van der Waals surface area contributed by atoms with Crippen LogP contribution in [-0.4, -0.2) is 19.9 Å². The predicted molar refractivity (Wildman–Crippen MR) is 81.5 cm³/mol. The molecule has 7 heteroatoms. The highest BCUT2D eigenvalue weighted by Crippen LogP contribution is 2.23. The van der Waals surface area contributed by atoms with Crippen LogP contribution in [0.3, 0.4) is 0 Å². The maximum absolute atomic E-state index is 10.6. The van der Waals surface area contributed by atoms with Crippen LogP contribution in [0, 0.1) is 10.1 Å². The average molecular weight is 283 g/mol. The van der Waals surface area contributed by atoms with E-state index in [4.69, 9.17) is 5.73 Å². The van der Waals surface area contributed by atoms with Crippen molar-refractivity contribution in [3.63, 3.8) is 0 Å². The number of aromatic nitrogens is 3. The molecule has 3 heterocycles. The molecule has 0 fully saturated rings. The summed E-state index contributed by atoms with van der Waals surface area (Å²) >= 11 is 0. The smallest absolute Gasteiger partial charge is 0.312 e. The molecule has 0 saturated heterocycles. The number of nitro groups is 1. The predicted octanol–water partition coefficient (Wildman–Crippen LogP) is 2.78. The summed E-state index contributed by atoms with van der Waals surface area (Å²) in [6.07, 6.45) is 6.19.